The molecule has 1 unspecified atom stereocenters. The lowest BCUT2D eigenvalue weighted by Gasteiger charge is -2.30. The fraction of sp³-hybridized carbons (Fsp3) is 0.667. The zero-order valence-electron chi connectivity index (χ0n) is 12.8. The number of nitrogens with one attached hydrogen (secondary N) is 1. The Balaban J connectivity index is 2.04. The van der Waals surface area contributed by atoms with Crippen molar-refractivity contribution in [2.75, 3.05) is 18.0 Å². The van der Waals surface area contributed by atoms with Crippen LogP contribution in [-0.2, 0) is 0 Å². The van der Waals surface area contributed by atoms with Crippen LogP contribution < -0.4 is 10.2 Å². The number of amides is 1. The first-order valence-corrected chi connectivity index (χ1v) is 7.24. The maximum atomic E-state index is 12.0. The van der Waals surface area contributed by atoms with Crippen LogP contribution >= 0.6 is 0 Å². The van der Waals surface area contributed by atoms with Crippen LogP contribution in [0.3, 0.4) is 0 Å². The van der Waals surface area contributed by atoms with E-state index in [9.17, 15) is 4.79 Å². The van der Waals surface area contributed by atoms with Crippen molar-refractivity contribution in [1.29, 1.82) is 0 Å². The van der Waals surface area contributed by atoms with E-state index in [1.807, 2.05) is 20.8 Å². The molecule has 2 rings (SSSR count). The molecule has 1 N–H and O–H groups in total. The number of hydrogen-bond donors (Lipinski definition) is 1. The molecule has 1 aromatic rings. The summed E-state index contributed by atoms with van der Waals surface area (Å²) in [6.45, 7) is 10.1. The molecule has 0 spiro atoms. The van der Waals surface area contributed by atoms with Crippen molar-refractivity contribution in [3.8, 4) is 0 Å². The summed E-state index contributed by atoms with van der Waals surface area (Å²) in [4.78, 5) is 22.9. The van der Waals surface area contributed by atoms with Gasteiger partial charge in [-0.1, -0.05) is 6.92 Å². The number of aromatic nitrogens is 2. The number of rotatable bonds is 2. The van der Waals surface area contributed by atoms with Gasteiger partial charge in [-0.3, -0.25) is 4.79 Å². The van der Waals surface area contributed by atoms with Gasteiger partial charge in [0.05, 0.1) is 5.56 Å². The monoisotopic (exact) mass is 276 g/mol. The molecule has 2 heterocycles. The van der Waals surface area contributed by atoms with E-state index in [-0.39, 0.29) is 11.4 Å². The summed E-state index contributed by atoms with van der Waals surface area (Å²) < 4.78 is 0. The number of nitrogens with zero attached hydrogens (tertiary/aromatic N) is 3. The molecule has 20 heavy (non-hydrogen) atoms. The highest BCUT2D eigenvalue weighted by molar-refractivity contribution is 5.94. The van der Waals surface area contributed by atoms with E-state index in [2.05, 4.69) is 27.1 Å². The second kappa shape index (κ2) is 5.77. The molecule has 0 saturated carbocycles. The largest absolute Gasteiger partial charge is 0.347 e. The van der Waals surface area contributed by atoms with Gasteiger partial charge < -0.3 is 10.2 Å². The average Bonchev–Trinajstić information content (AvgIpc) is 2.37. The van der Waals surface area contributed by atoms with Crippen LogP contribution in [0, 0.1) is 5.92 Å². The molecule has 0 aliphatic carbocycles. The van der Waals surface area contributed by atoms with Crippen molar-refractivity contribution >= 4 is 11.9 Å². The number of piperidine rings is 1. The third-order valence-corrected chi connectivity index (χ3v) is 3.33. The molecule has 1 atom stereocenters. The van der Waals surface area contributed by atoms with Crippen LogP contribution in [0.1, 0.15) is 50.9 Å². The molecule has 0 bridgehead atoms. The van der Waals surface area contributed by atoms with Crippen LogP contribution in [-0.4, -0.2) is 34.5 Å². The Morgan fingerprint density at radius 1 is 1.35 bits per heavy atom. The van der Waals surface area contributed by atoms with Gasteiger partial charge in [-0.2, -0.15) is 0 Å². The highest BCUT2D eigenvalue weighted by Gasteiger charge is 2.20. The normalized spacial score (nSPS) is 19.8. The Morgan fingerprint density at radius 3 is 2.55 bits per heavy atom. The lowest BCUT2D eigenvalue weighted by molar-refractivity contribution is 0.0919. The van der Waals surface area contributed by atoms with Gasteiger partial charge in [0.1, 0.15) is 0 Å². The first-order chi connectivity index (χ1) is 9.35. The van der Waals surface area contributed by atoms with E-state index >= 15 is 0 Å². The molecule has 1 aromatic heterocycles. The second-order valence-corrected chi connectivity index (χ2v) is 6.67. The van der Waals surface area contributed by atoms with Gasteiger partial charge in [0, 0.05) is 31.0 Å². The smallest absolute Gasteiger partial charge is 0.254 e. The molecule has 1 saturated heterocycles. The molecule has 0 aromatic carbocycles. The maximum absolute atomic E-state index is 12.0. The predicted molar refractivity (Wildman–Crippen MR) is 79.9 cm³/mol. The molecule has 5 heteroatoms. The molecule has 1 amide bonds. The molecule has 1 fully saturated rings. The van der Waals surface area contributed by atoms with E-state index in [1.54, 1.807) is 12.4 Å². The Hall–Kier alpha value is -1.65. The van der Waals surface area contributed by atoms with Crippen molar-refractivity contribution in [2.45, 2.75) is 46.1 Å². The zero-order valence-corrected chi connectivity index (χ0v) is 12.8. The minimum absolute atomic E-state index is 0.129. The molecule has 1 aliphatic heterocycles. The Kier molecular flexibility index (Phi) is 4.26. The predicted octanol–water partition coefficient (Wildman–Crippen LogP) is 2.24. The van der Waals surface area contributed by atoms with Crippen LogP contribution in [0.5, 0.6) is 0 Å². The van der Waals surface area contributed by atoms with Crippen LogP contribution in [0.25, 0.3) is 0 Å². The van der Waals surface area contributed by atoms with Crippen molar-refractivity contribution in [2.24, 2.45) is 5.92 Å². The van der Waals surface area contributed by atoms with E-state index < -0.39 is 0 Å². The third kappa shape index (κ3) is 3.92. The lowest BCUT2D eigenvalue weighted by atomic mass is 10.0. The zero-order chi connectivity index (χ0) is 14.8. The van der Waals surface area contributed by atoms with E-state index in [0.29, 0.717) is 11.5 Å². The number of carbonyl (C=O) groups excluding carboxylic acids is 1. The SMILES string of the molecule is CC1CCCN(c2ncc(C(=O)NC(C)(C)C)cn2)C1. The van der Waals surface area contributed by atoms with E-state index in [1.165, 1.54) is 12.8 Å². The number of anilines is 1. The Bertz CT molecular complexity index is 464. The first-order valence-electron chi connectivity index (χ1n) is 7.24. The summed E-state index contributed by atoms with van der Waals surface area (Å²) >= 11 is 0. The van der Waals surface area contributed by atoms with Gasteiger partial charge in [0.15, 0.2) is 0 Å². The highest BCUT2D eigenvalue weighted by atomic mass is 16.1. The minimum atomic E-state index is -0.252. The van der Waals surface area contributed by atoms with Gasteiger partial charge in [0.25, 0.3) is 5.91 Å². The fourth-order valence-electron chi connectivity index (χ4n) is 2.39. The summed E-state index contributed by atoms with van der Waals surface area (Å²) in [5.41, 5.74) is 0.256. The summed E-state index contributed by atoms with van der Waals surface area (Å²) in [5, 5.41) is 2.91. The van der Waals surface area contributed by atoms with Crippen LogP contribution in [0.2, 0.25) is 0 Å². The maximum Gasteiger partial charge on any atom is 0.254 e. The molecule has 1 aliphatic rings. The van der Waals surface area contributed by atoms with Crippen molar-refractivity contribution in [3.05, 3.63) is 18.0 Å². The van der Waals surface area contributed by atoms with E-state index in [0.717, 1.165) is 19.0 Å². The van der Waals surface area contributed by atoms with Gasteiger partial charge >= 0.3 is 0 Å². The molecular weight excluding hydrogens is 252 g/mol. The minimum Gasteiger partial charge on any atom is -0.347 e. The van der Waals surface area contributed by atoms with Crippen LogP contribution in [0.4, 0.5) is 5.95 Å². The molecular formula is C15H24N4O. The second-order valence-electron chi connectivity index (χ2n) is 6.67. The summed E-state index contributed by atoms with van der Waals surface area (Å²) in [7, 11) is 0. The third-order valence-electron chi connectivity index (χ3n) is 3.33. The summed E-state index contributed by atoms with van der Waals surface area (Å²) in [6.07, 6.45) is 5.67. The van der Waals surface area contributed by atoms with Gasteiger partial charge in [-0.05, 0) is 39.5 Å². The van der Waals surface area contributed by atoms with Crippen molar-refractivity contribution in [1.82, 2.24) is 15.3 Å². The van der Waals surface area contributed by atoms with Crippen molar-refractivity contribution in [3.63, 3.8) is 0 Å². The summed E-state index contributed by atoms with van der Waals surface area (Å²) in [6, 6.07) is 0. The number of hydrogen-bond acceptors (Lipinski definition) is 4. The van der Waals surface area contributed by atoms with Crippen LogP contribution in [0.15, 0.2) is 12.4 Å². The molecule has 0 radical (unpaired) electrons. The molecule has 5 nitrogen and oxygen atoms in total. The van der Waals surface area contributed by atoms with Crippen molar-refractivity contribution < 1.29 is 4.79 Å². The van der Waals surface area contributed by atoms with E-state index in [4.69, 9.17) is 0 Å². The average molecular weight is 276 g/mol. The first kappa shape index (κ1) is 14.8. The quantitative estimate of drug-likeness (QED) is 0.900. The number of carbonyl (C=O) groups is 1. The van der Waals surface area contributed by atoms with Gasteiger partial charge in [-0.25, -0.2) is 9.97 Å². The summed E-state index contributed by atoms with van der Waals surface area (Å²) in [5.74, 6) is 1.27. The Labute approximate surface area is 120 Å². The van der Waals surface area contributed by atoms with Gasteiger partial charge in [0.2, 0.25) is 5.95 Å². The standard InChI is InChI=1S/C15H24N4O/c1-11-6-5-7-19(10-11)14-16-8-12(9-17-14)13(20)18-15(2,3)4/h8-9,11H,5-7,10H2,1-4H3,(H,18,20). The highest BCUT2D eigenvalue weighted by Crippen LogP contribution is 2.19. The molecule has 110 valence electrons. The Morgan fingerprint density at radius 2 is 2.00 bits per heavy atom. The fourth-order valence-corrected chi connectivity index (χ4v) is 2.39. The lowest BCUT2D eigenvalue weighted by Crippen LogP contribution is -2.40. The van der Waals surface area contributed by atoms with Gasteiger partial charge in [-0.15, -0.1) is 0 Å². The topological polar surface area (TPSA) is 58.1 Å².